The average molecular weight is 259 g/mol. The van der Waals surface area contributed by atoms with Crippen molar-refractivity contribution in [3.63, 3.8) is 0 Å². The average Bonchev–Trinajstić information content (AvgIpc) is 2.33. The third-order valence-corrected chi connectivity index (χ3v) is 3.03. The lowest BCUT2D eigenvalue weighted by Gasteiger charge is -2.27. The van der Waals surface area contributed by atoms with Crippen LogP contribution in [-0.4, -0.2) is 28.5 Å². The molecule has 1 aromatic heterocycles. The van der Waals surface area contributed by atoms with Gasteiger partial charge < -0.3 is 9.30 Å². The number of hydrogen-bond acceptors (Lipinski definition) is 3. The van der Waals surface area contributed by atoms with Gasteiger partial charge in [-0.3, -0.25) is 4.79 Å². The van der Waals surface area contributed by atoms with Gasteiger partial charge in [-0.1, -0.05) is 0 Å². The molecule has 1 fully saturated rings. The molecule has 0 amide bonds. The standard InChI is InChI=1S/C9H11BrN2O2/c1-6-11-9(10)8(5-13)12(6)4-7-2-3-14-7/h5,7H,2-4H2,1H3/t7-/m0/s1. The van der Waals surface area contributed by atoms with Crippen molar-refractivity contribution in [2.75, 3.05) is 6.61 Å². The first-order valence-corrected chi connectivity index (χ1v) is 5.31. The monoisotopic (exact) mass is 258 g/mol. The number of halogens is 1. The molecular formula is C9H11BrN2O2. The number of carbonyl (C=O) groups excluding carboxylic acids is 1. The Morgan fingerprint density at radius 3 is 3.00 bits per heavy atom. The summed E-state index contributed by atoms with van der Waals surface area (Å²) >= 11 is 3.25. The summed E-state index contributed by atoms with van der Waals surface area (Å²) in [4.78, 5) is 15.0. The molecule has 0 aromatic carbocycles. The van der Waals surface area contributed by atoms with Gasteiger partial charge in [0.2, 0.25) is 0 Å². The fraction of sp³-hybridized carbons (Fsp3) is 0.556. The van der Waals surface area contributed by atoms with Crippen LogP contribution in [0.15, 0.2) is 4.60 Å². The summed E-state index contributed by atoms with van der Waals surface area (Å²) in [6, 6.07) is 0. The minimum Gasteiger partial charge on any atom is -0.376 e. The van der Waals surface area contributed by atoms with E-state index in [9.17, 15) is 4.79 Å². The summed E-state index contributed by atoms with van der Waals surface area (Å²) in [7, 11) is 0. The number of rotatable bonds is 3. The van der Waals surface area contributed by atoms with E-state index in [0.29, 0.717) is 10.3 Å². The molecule has 2 rings (SSSR count). The molecule has 1 saturated heterocycles. The van der Waals surface area contributed by atoms with Crippen LogP contribution >= 0.6 is 15.9 Å². The molecule has 76 valence electrons. The predicted octanol–water partition coefficient (Wildman–Crippen LogP) is 1.56. The number of aromatic nitrogens is 2. The first kappa shape index (κ1) is 9.86. The van der Waals surface area contributed by atoms with Gasteiger partial charge >= 0.3 is 0 Å². The van der Waals surface area contributed by atoms with Gasteiger partial charge in [0.25, 0.3) is 0 Å². The predicted molar refractivity (Wildman–Crippen MR) is 54.4 cm³/mol. The summed E-state index contributed by atoms with van der Waals surface area (Å²) < 4.78 is 7.82. The van der Waals surface area contributed by atoms with E-state index in [4.69, 9.17) is 4.74 Å². The fourth-order valence-corrected chi connectivity index (χ4v) is 2.08. The number of carbonyl (C=O) groups is 1. The maximum absolute atomic E-state index is 10.8. The zero-order valence-corrected chi connectivity index (χ0v) is 9.45. The normalized spacial score (nSPS) is 20.6. The summed E-state index contributed by atoms with van der Waals surface area (Å²) in [5, 5.41) is 0. The Balaban J connectivity index is 2.24. The van der Waals surface area contributed by atoms with Gasteiger partial charge in [0.1, 0.15) is 16.1 Å². The van der Waals surface area contributed by atoms with Crippen LogP contribution in [0.3, 0.4) is 0 Å². The molecule has 14 heavy (non-hydrogen) atoms. The van der Waals surface area contributed by atoms with E-state index >= 15 is 0 Å². The largest absolute Gasteiger partial charge is 0.376 e. The Kier molecular flexibility index (Phi) is 2.69. The Labute approximate surface area is 90.4 Å². The lowest BCUT2D eigenvalue weighted by molar-refractivity contribution is -0.0596. The molecule has 0 bridgehead atoms. The maximum Gasteiger partial charge on any atom is 0.169 e. The second-order valence-electron chi connectivity index (χ2n) is 3.34. The smallest absolute Gasteiger partial charge is 0.169 e. The molecule has 1 atom stereocenters. The Bertz CT molecular complexity index is 358. The first-order chi connectivity index (χ1) is 6.72. The Hall–Kier alpha value is -0.680. The number of aryl methyl sites for hydroxylation is 1. The highest BCUT2D eigenvalue weighted by Gasteiger charge is 2.21. The number of aldehydes is 1. The minimum atomic E-state index is 0.244. The van der Waals surface area contributed by atoms with E-state index in [1.165, 1.54) is 0 Å². The van der Waals surface area contributed by atoms with Gasteiger partial charge in [0.15, 0.2) is 6.29 Å². The molecule has 2 heterocycles. The molecule has 0 unspecified atom stereocenters. The van der Waals surface area contributed by atoms with Crippen molar-refractivity contribution in [3.8, 4) is 0 Å². The van der Waals surface area contributed by atoms with Crippen molar-refractivity contribution in [1.82, 2.24) is 9.55 Å². The van der Waals surface area contributed by atoms with Crippen molar-refractivity contribution in [2.24, 2.45) is 0 Å². The van der Waals surface area contributed by atoms with Crippen LogP contribution in [-0.2, 0) is 11.3 Å². The lowest BCUT2D eigenvalue weighted by atomic mass is 10.2. The third-order valence-electron chi connectivity index (χ3n) is 2.44. The van der Waals surface area contributed by atoms with Crippen molar-refractivity contribution in [1.29, 1.82) is 0 Å². The van der Waals surface area contributed by atoms with E-state index in [0.717, 1.165) is 31.7 Å². The highest BCUT2D eigenvalue weighted by molar-refractivity contribution is 9.10. The van der Waals surface area contributed by atoms with E-state index in [1.807, 2.05) is 11.5 Å². The van der Waals surface area contributed by atoms with Crippen LogP contribution in [0.25, 0.3) is 0 Å². The van der Waals surface area contributed by atoms with E-state index in [2.05, 4.69) is 20.9 Å². The van der Waals surface area contributed by atoms with Crippen molar-refractivity contribution in [2.45, 2.75) is 26.0 Å². The number of ether oxygens (including phenoxy) is 1. The second kappa shape index (κ2) is 3.82. The summed E-state index contributed by atoms with van der Waals surface area (Å²) in [5.41, 5.74) is 0.595. The van der Waals surface area contributed by atoms with Crippen LogP contribution in [0, 0.1) is 6.92 Å². The van der Waals surface area contributed by atoms with Gasteiger partial charge in [-0.05, 0) is 29.3 Å². The molecule has 0 aliphatic carbocycles. The molecule has 1 aromatic rings. The van der Waals surface area contributed by atoms with Gasteiger partial charge in [-0.2, -0.15) is 0 Å². The Morgan fingerprint density at radius 1 is 1.79 bits per heavy atom. The molecule has 5 heteroatoms. The van der Waals surface area contributed by atoms with E-state index in [-0.39, 0.29) is 6.10 Å². The molecule has 1 aliphatic rings. The van der Waals surface area contributed by atoms with Crippen molar-refractivity contribution >= 4 is 22.2 Å². The molecule has 0 N–H and O–H groups in total. The molecule has 0 spiro atoms. The van der Waals surface area contributed by atoms with Crippen LogP contribution in [0.1, 0.15) is 22.7 Å². The molecule has 0 saturated carbocycles. The summed E-state index contributed by atoms with van der Waals surface area (Å²) in [6.45, 7) is 3.44. The zero-order chi connectivity index (χ0) is 10.1. The third kappa shape index (κ3) is 1.62. The Morgan fingerprint density at radius 2 is 2.50 bits per heavy atom. The van der Waals surface area contributed by atoms with E-state index in [1.54, 1.807) is 0 Å². The highest BCUT2D eigenvalue weighted by atomic mass is 79.9. The number of nitrogens with zero attached hydrogens (tertiary/aromatic N) is 2. The van der Waals surface area contributed by atoms with Crippen molar-refractivity contribution in [3.05, 3.63) is 16.1 Å². The van der Waals surface area contributed by atoms with Gasteiger partial charge in [-0.25, -0.2) is 4.98 Å². The lowest BCUT2D eigenvalue weighted by Crippen LogP contribution is -2.32. The molecule has 1 aliphatic heterocycles. The van der Waals surface area contributed by atoms with Gasteiger partial charge in [-0.15, -0.1) is 0 Å². The first-order valence-electron chi connectivity index (χ1n) is 4.51. The molecule has 0 radical (unpaired) electrons. The second-order valence-corrected chi connectivity index (χ2v) is 4.10. The fourth-order valence-electron chi connectivity index (χ4n) is 1.52. The number of hydrogen-bond donors (Lipinski definition) is 0. The zero-order valence-electron chi connectivity index (χ0n) is 7.86. The van der Waals surface area contributed by atoms with Crippen LogP contribution < -0.4 is 0 Å². The summed E-state index contributed by atoms with van der Waals surface area (Å²) in [5.74, 6) is 0.842. The SMILES string of the molecule is Cc1nc(Br)c(C=O)n1C[C@@H]1CCO1. The highest BCUT2D eigenvalue weighted by Crippen LogP contribution is 2.20. The summed E-state index contributed by atoms with van der Waals surface area (Å²) in [6.07, 6.45) is 2.13. The molecule has 4 nitrogen and oxygen atoms in total. The van der Waals surface area contributed by atoms with Gasteiger partial charge in [0.05, 0.1) is 12.6 Å². The topological polar surface area (TPSA) is 44.1 Å². The van der Waals surface area contributed by atoms with Crippen LogP contribution in [0.2, 0.25) is 0 Å². The maximum atomic E-state index is 10.8. The van der Waals surface area contributed by atoms with Crippen LogP contribution in [0.5, 0.6) is 0 Å². The number of imidazole rings is 1. The van der Waals surface area contributed by atoms with Gasteiger partial charge in [0, 0.05) is 6.61 Å². The quantitative estimate of drug-likeness (QED) is 0.773. The van der Waals surface area contributed by atoms with E-state index < -0.39 is 0 Å². The van der Waals surface area contributed by atoms with Crippen molar-refractivity contribution < 1.29 is 9.53 Å². The minimum absolute atomic E-state index is 0.244. The molecular weight excluding hydrogens is 248 g/mol. The van der Waals surface area contributed by atoms with Crippen LogP contribution in [0.4, 0.5) is 0 Å².